The molecule has 10 nitrogen and oxygen atoms in total. The highest BCUT2D eigenvalue weighted by molar-refractivity contribution is 6.01. The number of carbonyl (C=O) groups is 4. The van der Waals surface area contributed by atoms with E-state index in [1.54, 1.807) is 12.1 Å². The van der Waals surface area contributed by atoms with Crippen molar-refractivity contribution in [2.24, 2.45) is 17.6 Å². The predicted octanol–water partition coefficient (Wildman–Crippen LogP) is 3.70. The van der Waals surface area contributed by atoms with E-state index < -0.39 is 53.9 Å². The first-order valence-electron chi connectivity index (χ1n) is 17.5. The third-order valence-electron chi connectivity index (χ3n) is 9.85. The van der Waals surface area contributed by atoms with Crippen molar-refractivity contribution in [1.82, 2.24) is 20.9 Å². The first-order chi connectivity index (χ1) is 23.4. The molecule has 0 radical (unpaired) electrons. The number of piperidine rings is 1. The molecule has 6 atom stereocenters. The maximum Gasteiger partial charge on any atom is 0.251 e. The Hall–Kier alpha value is -4.28. The number of fused-ring (bicyclic) bond motifs is 2. The van der Waals surface area contributed by atoms with E-state index >= 15 is 0 Å². The van der Waals surface area contributed by atoms with E-state index in [2.05, 4.69) is 20.9 Å². The number of nitrogens with two attached hydrogens (primary N) is 1. The van der Waals surface area contributed by atoms with Crippen LogP contribution in [0.2, 0.25) is 0 Å². The third kappa shape index (κ3) is 9.89. The Bertz CT molecular complexity index is 1620. The van der Waals surface area contributed by atoms with Gasteiger partial charge >= 0.3 is 0 Å². The van der Waals surface area contributed by atoms with Gasteiger partial charge in [-0.3, -0.25) is 24.1 Å². The zero-order valence-corrected chi connectivity index (χ0v) is 28.9. The quantitative estimate of drug-likeness (QED) is 0.198. The van der Waals surface area contributed by atoms with Gasteiger partial charge in [-0.25, -0.2) is 0 Å². The summed E-state index contributed by atoms with van der Waals surface area (Å²) in [4.78, 5) is 55.0. The number of likely N-dealkylation sites (tertiary alicyclic amines) is 1. The number of rotatable bonds is 12. The van der Waals surface area contributed by atoms with Crippen LogP contribution in [0.3, 0.4) is 0 Å². The second kappa shape index (κ2) is 16.0. The number of carbonyl (C=O) groups excluding carboxylic acids is 4. The fourth-order valence-corrected chi connectivity index (χ4v) is 7.41. The Morgan fingerprint density at radius 1 is 0.898 bits per heavy atom. The van der Waals surface area contributed by atoms with Gasteiger partial charge in [0, 0.05) is 24.2 Å². The van der Waals surface area contributed by atoms with Gasteiger partial charge in [0.2, 0.25) is 17.7 Å². The Kier molecular flexibility index (Phi) is 11.7. The predicted molar refractivity (Wildman–Crippen MR) is 190 cm³/mol. The Balaban J connectivity index is 1.35. The number of aliphatic hydroxyl groups excluding tert-OH is 1. The molecule has 49 heavy (non-hydrogen) atoms. The number of benzene rings is 3. The van der Waals surface area contributed by atoms with Crippen LogP contribution < -0.4 is 21.7 Å². The lowest BCUT2D eigenvalue weighted by Crippen LogP contribution is -2.61. The van der Waals surface area contributed by atoms with Gasteiger partial charge in [0.1, 0.15) is 6.04 Å². The highest BCUT2D eigenvalue weighted by Crippen LogP contribution is 2.39. The number of nitrogens with zero attached hydrogens (tertiary/aromatic N) is 1. The fourth-order valence-electron chi connectivity index (χ4n) is 7.41. The van der Waals surface area contributed by atoms with Crippen molar-refractivity contribution in [1.29, 1.82) is 0 Å². The molecule has 0 bridgehead atoms. The van der Waals surface area contributed by atoms with Crippen molar-refractivity contribution < 1.29 is 24.3 Å². The SMILES string of the molecule is CC(C)(C)NC(=O)[C@@H]1CC2CCCCC2CN1C[C@@H](O)[C@H](Cc1ccccc1)NC(=O)C(CC(N)=O)NC(=O)c1ccc2ccccc2c1. The summed E-state index contributed by atoms with van der Waals surface area (Å²) >= 11 is 0. The Morgan fingerprint density at radius 3 is 2.27 bits per heavy atom. The maximum absolute atomic E-state index is 13.8. The van der Waals surface area contributed by atoms with Crippen LogP contribution in [0, 0.1) is 11.8 Å². The second-order valence-corrected chi connectivity index (χ2v) is 14.9. The first-order valence-corrected chi connectivity index (χ1v) is 17.5. The smallest absolute Gasteiger partial charge is 0.251 e. The lowest BCUT2D eigenvalue weighted by molar-refractivity contribution is -0.133. The van der Waals surface area contributed by atoms with E-state index in [1.807, 2.05) is 81.4 Å². The summed E-state index contributed by atoms with van der Waals surface area (Å²) in [5.41, 5.74) is 6.37. The van der Waals surface area contributed by atoms with Gasteiger partial charge in [0.25, 0.3) is 5.91 Å². The van der Waals surface area contributed by atoms with Crippen molar-refractivity contribution in [2.45, 2.75) is 95.5 Å². The Labute approximate surface area is 289 Å². The average Bonchev–Trinajstić information content (AvgIpc) is 3.06. The van der Waals surface area contributed by atoms with Crippen LogP contribution in [-0.4, -0.2) is 76.5 Å². The molecule has 5 rings (SSSR count). The second-order valence-electron chi connectivity index (χ2n) is 14.9. The first kappa shape index (κ1) is 36.0. The summed E-state index contributed by atoms with van der Waals surface area (Å²) in [5, 5.41) is 22.5. The van der Waals surface area contributed by atoms with Gasteiger partial charge in [0.15, 0.2) is 0 Å². The molecule has 3 aromatic carbocycles. The number of hydrogen-bond acceptors (Lipinski definition) is 6. The minimum absolute atomic E-state index is 0.0507. The van der Waals surface area contributed by atoms with E-state index in [9.17, 15) is 24.3 Å². The minimum Gasteiger partial charge on any atom is -0.390 e. The zero-order valence-electron chi connectivity index (χ0n) is 28.9. The van der Waals surface area contributed by atoms with Gasteiger partial charge in [-0.2, -0.15) is 0 Å². The largest absolute Gasteiger partial charge is 0.390 e. The van der Waals surface area contributed by atoms with Gasteiger partial charge in [0.05, 0.1) is 24.6 Å². The third-order valence-corrected chi connectivity index (χ3v) is 9.85. The minimum atomic E-state index is -1.26. The number of hydrogen-bond donors (Lipinski definition) is 5. The topological polar surface area (TPSA) is 154 Å². The van der Waals surface area contributed by atoms with E-state index in [4.69, 9.17) is 5.73 Å². The molecule has 10 heteroatoms. The molecular formula is C39H51N5O5. The van der Waals surface area contributed by atoms with E-state index in [1.165, 1.54) is 6.42 Å². The molecule has 0 spiro atoms. The van der Waals surface area contributed by atoms with Crippen molar-refractivity contribution >= 4 is 34.4 Å². The monoisotopic (exact) mass is 669 g/mol. The van der Waals surface area contributed by atoms with Crippen LogP contribution in [-0.2, 0) is 20.8 Å². The van der Waals surface area contributed by atoms with Crippen LogP contribution in [0.5, 0.6) is 0 Å². The average molecular weight is 670 g/mol. The van der Waals surface area contributed by atoms with Gasteiger partial charge < -0.3 is 26.8 Å². The zero-order chi connectivity index (χ0) is 35.1. The summed E-state index contributed by atoms with van der Waals surface area (Å²) in [7, 11) is 0. The summed E-state index contributed by atoms with van der Waals surface area (Å²) in [6.07, 6.45) is 4.11. The summed E-state index contributed by atoms with van der Waals surface area (Å²) in [6.45, 7) is 6.75. The number of primary amides is 1. The molecule has 6 N–H and O–H groups in total. The lowest BCUT2D eigenvalue weighted by atomic mass is 9.72. The van der Waals surface area contributed by atoms with Crippen molar-refractivity contribution in [3.05, 3.63) is 83.9 Å². The van der Waals surface area contributed by atoms with E-state index in [0.29, 0.717) is 30.4 Å². The highest BCUT2D eigenvalue weighted by Gasteiger charge is 2.42. The van der Waals surface area contributed by atoms with Crippen LogP contribution in [0.1, 0.15) is 75.2 Å². The molecule has 2 aliphatic rings. The molecule has 1 saturated carbocycles. The lowest BCUT2D eigenvalue weighted by Gasteiger charge is -2.47. The highest BCUT2D eigenvalue weighted by atomic mass is 16.3. The number of aliphatic hydroxyl groups is 1. The van der Waals surface area contributed by atoms with Crippen LogP contribution in [0.4, 0.5) is 0 Å². The molecule has 262 valence electrons. The molecule has 3 aromatic rings. The summed E-state index contributed by atoms with van der Waals surface area (Å²) in [6, 6.07) is 19.9. The van der Waals surface area contributed by atoms with Crippen molar-refractivity contribution in [3.8, 4) is 0 Å². The molecule has 0 aromatic heterocycles. The van der Waals surface area contributed by atoms with E-state index in [0.717, 1.165) is 42.0 Å². The van der Waals surface area contributed by atoms with Crippen LogP contribution in [0.15, 0.2) is 72.8 Å². The standard InChI is InChI=1S/C39H51N5O5/c1-39(2,3)43-38(49)33-21-28-15-9-10-16-30(28)23-44(33)24-34(45)31(19-25-11-5-4-6-12-25)41-37(48)32(22-35(40)46)42-36(47)29-18-17-26-13-7-8-14-27(26)20-29/h4-8,11-14,17-18,20,28,30-34,45H,9-10,15-16,19,21-24H2,1-3H3,(H2,40,46)(H,41,48)(H,42,47)(H,43,49)/t28?,30?,31-,32?,33-,34+/m0/s1. The number of amides is 4. The maximum atomic E-state index is 13.8. The summed E-state index contributed by atoms with van der Waals surface area (Å²) < 4.78 is 0. The van der Waals surface area contributed by atoms with Crippen molar-refractivity contribution in [2.75, 3.05) is 13.1 Å². The molecule has 1 aliphatic heterocycles. The molecule has 1 saturated heterocycles. The molecule has 2 fully saturated rings. The Morgan fingerprint density at radius 2 is 1.57 bits per heavy atom. The molecule has 4 amide bonds. The van der Waals surface area contributed by atoms with Crippen LogP contribution in [0.25, 0.3) is 10.8 Å². The van der Waals surface area contributed by atoms with Crippen LogP contribution >= 0.6 is 0 Å². The summed E-state index contributed by atoms with van der Waals surface area (Å²) in [5.74, 6) is -1.02. The number of β-amino-alcohol motifs (C(OH)–C–C–N with tert-alkyl or cyclic N) is 1. The van der Waals surface area contributed by atoms with Crippen molar-refractivity contribution in [3.63, 3.8) is 0 Å². The normalized spacial score (nSPS) is 21.5. The molecule has 1 heterocycles. The van der Waals surface area contributed by atoms with Gasteiger partial charge in [-0.1, -0.05) is 79.9 Å². The van der Waals surface area contributed by atoms with E-state index in [-0.39, 0.29) is 12.5 Å². The molecule has 3 unspecified atom stereocenters. The van der Waals surface area contributed by atoms with Gasteiger partial charge in [-0.05, 0) is 80.3 Å². The molecule has 1 aliphatic carbocycles. The molecular weight excluding hydrogens is 618 g/mol. The van der Waals surface area contributed by atoms with Gasteiger partial charge in [-0.15, -0.1) is 0 Å². The fraction of sp³-hybridized carbons (Fsp3) is 0.487. The number of nitrogens with one attached hydrogen (secondary N) is 3.